The van der Waals surface area contributed by atoms with Crippen LogP contribution in [-0.4, -0.2) is 0 Å². The summed E-state index contributed by atoms with van der Waals surface area (Å²) in [6.45, 7) is 0. The van der Waals surface area contributed by atoms with E-state index < -0.39 is 0 Å². The van der Waals surface area contributed by atoms with E-state index in [2.05, 4.69) is 169 Å². The third-order valence-electron chi connectivity index (χ3n) is 9.43. The van der Waals surface area contributed by atoms with Crippen molar-refractivity contribution in [3.63, 3.8) is 0 Å². The van der Waals surface area contributed by atoms with Crippen LogP contribution in [0.15, 0.2) is 168 Å². The average Bonchev–Trinajstić information content (AvgIpc) is 3.71. The van der Waals surface area contributed by atoms with Crippen molar-refractivity contribution in [1.29, 1.82) is 0 Å². The van der Waals surface area contributed by atoms with E-state index in [0.717, 1.165) is 44.4 Å². The van der Waals surface area contributed by atoms with Gasteiger partial charge in [0.2, 0.25) is 0 Å². The van der Waals surface area contributed by atoms with E-state index in [1.54, 1.807) is 0 Å². The summed E-state index contributed by atoms with van der Waals surface area (Å²) in [6.07, 6.45) is 0. The lowest BCUT2D eigenvalue weighted by molar-refractivity contribution is 0.672. The molecule has 8 aromatic carbocycles. The molecule has 0 aliphatic rings. The molecule has 0 radical (unpaired) electrons. The van der Waals surface area contributed by atoms with E-state index in [1.807, 2.05) is 11.3 Å². The van der Waals surface area contributed by atoms with Gasteiger partial charge in [-0.15, -0.1) is 11.3 Å². The average molecular weight is 618 g/mol. The first-order valence-electron chi connectivity index (χ1n) is 15.9. The first-order valence-corrected chi connectivity index (χ1v) is 16.7. The van der Waals surface area contributed by atoms with Crippen LogP contribution in [0.2, 0.25) is 0 Å². The molecule has 0 saturated carbocycles. The van der Waals surface area contributed by atoms with Crippen molar-refractivity contribution in [2.24, 2.45) is 0 Å². The second-order valence-corrected chi connectivity index (χ2v) is 13.2. The molecule has 3 heteroatoms. The van der Waals surface area contributed by atoms with Crippen LogP contribution in [0.3, 0.4) is 0 Å². The Kier molecular flexibility index (Phi) is 5.78. The number of furan rings is 1. The molecule has 0 bridgehead atoms. The predicted octanol–water partition coefficient (Wildman–Crippen LogP) is 13.4. The number of anilines is 3. The number of nitrogens with zero attached hydrogens (tertiary/aromatic N) is 1. The van der Waals surface area contributed by atoms with Crippen LogP contribution < -0.4 is 4.90 Å². The van der Waals surface area contributed by atoms with Gasteiger partial charge in [0.15, 0.2) is 0 Å². The van der Waals surface area contributed by atoms with E-state index >= 15 is 0 Å². The van der Waals surface area contributed by atoms with E-state index in [9.17, 15) is 0 Å². The topological polar surface area (TPSA) is 16.4 Å². The third kappa shape index (κ3) is 4.17. The Morgan fingerprint density at radius 1 is 0.426 bits per heavy atom. The Morgan fingerprint density at radius 2 is 1.13 bits per heavy atom. The van der Waals surface area contributed by atoms with Crippen LogP contribution in [-0.2, 0) is 0 Å². The number of hydrogen-bond donors (Lipinski definition) is 0. The van der Waals surface area contributed by atoms with E-state index in [1.165, 1.54) is 47.5 Å². The van der Waals surface area contributed by atoms with Crippen LogP contribution >= 0.6 is 11.3 Å². The van der Waals surface area contributed by atoms with Crippen molar-refractivity contribution < 1.29 is 4.42 Å². The van der Waals surface area contributed by atoms with Gasteiger partial charge in [-0.1, -0.05) is 103 Å². The second-order valence-electron chi connectivity index (χ2n) is 12.1. The molecular formula is C44H27NOS. The van der Waals surface area contributed by atoms with Gasteiger partial charge in [0, 0.05) is 42.3 Å². The number of thiophene rings is 1. The van der Waals surface area contributed by atoms with Gasteiger partial charge in [-0.05, 0) is 87.9 Å². The monoisotopic (exact) mass is 617 g/mol. The van der Waals surface area contributed by atoms with Gasteiger partial charge < -0.3 is 9.32 Å². The van der Waals surface area contributed by atoms with Crippen LogP contribution in [0.5, 0.6) is 0 Å². The van der Waals surface area contributed by atoms with Crippen LogP contribution in [0, 0.1) is 0 Å². The molecule has 10 aromatic rings. The van der Waals surface area contributed by atoms with Gasteiger partial charge in [-0.25, -0.2) is 0 Å². The summed E-state index contributed by atoms with van der Waals surface area (Å²) >= 11 is 1.86. The van der Waals surface area contributed by atoms with Gasteiger partial charge in [0.05, 0.1) is 11.1 Å². The van der Waals surface area contributed by atoms with E-state index in [4.69, 9.17) is 4.42 Å². The third-order valence-corrected chi connectivity index (χ3v) is 10.6. The number of fused-ring (bicyclic) bond motifs is 9. The molecule has 2 aromatic heterocycles. The maximum atomic E-state index is 6.61. The highest BCUT2D eigenvalue weighted by Crippen LogP contribution is 2.45. The fourth-order valence-corrected chi connectivity index (χ4v) is 8.26. The Labute approximate surface area is 275 Å². The molecule has 0 aliphatic heterocycles. The summed E-state index contributed by atoms with van der Waals surface area (Å²) in [6, 6.07) is 59.1. The van der Waals surface area contributed by atoms with Crippen LogP contribution in [0.25, 0.3) is 74.8 Å². The Morgan fingerprint density at radius 3 is 2.02 bits per heavy atom. The minimum atomic E-state index is 0.882. The van der Waals surface area contributed by atoms with Crippen molar-refractivity contribution in [2.75, 3.05) is 4.90 Å². The molecule has 0 saturated heterocycles. The fraction of sp³-hybridized carbons (Fsp3) is 0. The molecule has 0 aliphatic carbocycles. The lowest BCUT2D eigenvalue weighted by atomic mass is 10.0. The normalized spacial score (nSPS) is 11.8. The largest absolute Gasteiger partial charge is 0.455 e. The first-order chi connectivity index (χ1) is 23.3. The molecule has 2 heterocycles. The SMILES string of the molecule is c1ccc2cc(N(c3ccc(-c4ccc5sc6ccccc6c5c4)cc3)c3cccc4oc5c6ccccc6ccc5c34)ccc2c1. The van der Waals surface area contributed by atoms with Gasteiger partial charge in [-0.2, -0.15) is 0 Å². The van der Waals surface area contributed by atoms with Crippen molar-refractivity contribution >= 4 is 92.1 Å². The molecule has 0 fully saturated rings. The molecule has 47 heavy (non-hydrogen) atoms. The number of benzene rings is 8. The van der Waals surface area contributed by atoms with E-state index in [0.29, 0.717) is 0 Å². The summed E-state index contributed by atoms with van der Waals surface area (Å²) in [5, 5.41) is 9.60. The molecule has 0 unspecified atom stereocenters. The summed E-state index contributed by atoms with van der Waals surface area (Å²) in [7, 11) is 0. The maximum absolute atomic E-state index is 6.61. The van der Waals surface area contributed by atoms with Crippen molar-refractivity contribution in [3.8, 4) is 11.1 Å². The van der Waals surface area contributed by atoms with Crippen LogP contribution in [0.1, 0.15) is 0 Å². The highest BCUT2D eigenvalue weighted by molar-refractivity contribution is 7.25. The maximum Gasteiger partial charge on any atom is 0.143 e. The molecule has 0 N–H and O–H groups in total. The van der Waals surface area contributed by atoms with Crippen LogP contribution in [0.4, 0.5) is 17.1 Å². The summed E-state index contributed by atoms with van der Waals surface area (Å²) in [4.78, 5) is 2.37. The Hall–Kier alpha value is -5.90. The quantitative estimate of drug-likeness (QED) is 0.195. The highest BCUT2D eigenvalue weighted by atomic mass is 32.1. The first kappa shape index (κ1) is 26.3. The van der Waals surface area contributed by atoms with Gasteiger partial charge in [-0.3, -0.25) is 0 Å². The number of hydrogen-bond acceptors (Lipinski definition) is 3. The molecule has 0 atom stereocenters. The Balaban J connectivity index is 1.17. The fourth-order valence-electron chi connectivity index (χ4n) is 7.17. The lowest BCUT2D eigenvalue weighted by Gasteiger charge is -2.27. The predicted molar refractivity (Wildman–Crippen MR) is 202 cm³/mol. The molecule has 0 amide bonds. The Bertz CT molecular complexity index is 2810. The zero-order chi connectivity index (χ0) is 30.9. The molecule has 2 nitrogen and oxygen atoms in total. The van der Waals surface area contributed by atoms with Gasteiger partial charge in [0.25, 0.3) is 0 Å². The zero-order valence-electron chi connectivity index (χ0n) is 25.4. The molecule has 10 rings (SSSR count). The van der Waals surface area contributed by atoms with Crippen molar-refractivity contribution in [1.82, 2.24) is 0 Å². The van der Waals surface area contributed by atoms with Gasteiger partial charge >= 0.3 is 0 Å². The minimum Gasteiger partial charge on any atom is -0.455 e. The summed E-state index contributed by atoms with van der Waals surface area (Å²) in [5.41, 5.74) is 7.51. The van der Waals surface area contributed by atoms with E-state index in [-0.39, 0.29) is 0 Å². The minimum absolute atomic E-state index is 0.882. The molecule has 220 valence electrons. The number of rotatable bonds is 4. The second kappa shape index (κ2) is 10.3. The van der Waals surface area contributed by atoms with Gasteiger partial charge in [0.1, 0.15) is 11.2 Å². The standard InChI is InChI=1S/C44H27NOS/c1-2-10-31-26-34(23-18-28(31)8-1)45(39-13-7-14-40-43(39)37-24-19-30-9-3-4-11-35(30)44(37)46-40)33-21-16-29(17-22-33)32-20-25-42-38(27-32)36-12-5-6-15-41(36)47-42/h1-27H. The lowest BCUT2D eigenvalue weighted by Crippen LogP contribution is -2.10. The zero-order valence-corrected chi connectivity index (χ0v) is 26.2. The summed E-state index contributed by atoms with van der Waals surface area (Å²) in [5.74, 6) is 0. The summed E-state index contributed by atoms with van der Waals surface area (Å²) < 4.78 is 9.26. The van der Waals surface area contributed by atoms with Crippen molar-refractivity contribution in [3.05, 3.63) is 164 Å². The molecular weight excluding hydrogens is 591 g/mol. The highest BCUT2D eigenvalue weighted by Gasteiger charge is 2.20. The molecule has 0 spiro atoms. The smallest absolute Gasteiger partial charge is 0.143 e. The van der Waals surface area contributed by atoms with Crippen molar-refractivity contribution in [2.45, 2.75) is 0 Å².